The van der Waals surface area contributed by atoms with E-state index >= 15 is 0 Å². The molecule has 36 heavy (non-hydrogen) atoms. The monoisotopic (exact) mass is 551 g/mol. The molecule has 2 aromatic carbocycles. The lowest BCUT2D eigenvalue weighted by molar-refractivity contribution is -0.137. The standard InChI is InChI=1S/C23H17ClF3N5O2S2/c24-16-9-8-14(23(25,26)27)11-17(16)29-20(33)13-36-22-31-30-19(32(22)15-5-2-1-3-6-15)12-28-21(34)18-7-4-10-35-18/h1-11H,12-13H2,(H,28,34)(H,29,33). The second-order valence-corrected chi connectivity index (χ2v) is 9.56. The second kappa shape index (κ2) is 11.1. The molecule has 2 aromatic heterocycles. The van der Waals surface area contributed by atoms with Crippen LogP contribution in [0.3, 0.4) is 0 Å². The fourth-order valence-corrected chi connectivity index (χ4v) is 4.69. The molecule has 2 N–H and O–H groups in total. The predicted octanol–water partition coefficient (Wildman–Crippen LogP) is 5.66. The van der Waals surface area contributed by atoms with E-state index < -0.39 is 17.6 Å². The zero-order valence-corrected chi connectivity index (χ0v) is 20.6. The molecule has 2 amide bonds. The van der Waals surface area contributed by atoms with Gasteiger partial charge in [0.2, 0.25) is 5.91 Å². The van der Waals surface area contributed by atoms with E-state index in [1.54, 1.807) is 22.1 Å². The van der Waals surface area contributed by atoms with Crippen molar-refractivity contribution < 1.29 is 22.8 Å². The Labute approximate surface area is 216 Å². The van der Waals surface area contributed by atoms with E-state index in [1.165, 1.54) is 11.3 Å². The van der Waals surface area contributed by atoms with Gasteiger partial charge in [-0.1, -0.05) is 47.6 Å². The zero-order chi connectivity index (χ0) is 25.7. The second-order valence-electron chi connectivity index (χ2n) is 7.26. The molecule has 0 saturated heterocycles. The van der Waals surface area contributed by atoms with Gasteiger partial charge in [-0.3, -0.25) is 14.2 Å². The molecule has 0 aliphatic carbocycles. The Balaban J connectivity index is 1.48. The minimum atomic E-state index is -4.57. The molecular formula is C23H17ClF3N5O2S2. The maximum atomic E-state index is 13.0. The number of alkyl halides is 3. The molecule has 0 spiro atoms. The van der Waals surface area contributed by atoms with Gasteiger partial charge in [-0.2, -0.15) is 13.2 Å². The van der Waals surface area contributed by atoms with Crippen LogP contribution in [-0.2, 0) is 17.5 Å². The Morgan fingerprint density at radius 3 is 2.53 bits per heavy atom. The fraction of sp³-hybridized carbons (Fsp3) is 0.130. The summed E-state index contributed by atoms with van der Waals surface area (Å²) in [5.74, 6) is -0.551. The number of hydrogen-bond acceptors (Lipinski definition) is 6. The topological polar surface area (TPSA) is 88.9 Å². The Hall–Kier alpha value is -3.35. The highest BCUT2D eigenvalue weighted by Gasteiger charge is 2.31. The van der Waals surface area contributed by atoms with Gasteiger partial charge < -0.3 is 10.6 Å². The van der Waals surface area contributed by atoms with Crippen molar-refractivity contribution >= 4 is 52.2 Å². The highest BCUT2D eigenvalue weighted by Crippen LogP contribution is 2.34. The molecule has 7 nitrogen and oxygen atoms in total. The first-order valence-electron chi connectivity index (χ1n) is 10.3. The van der Waals surface area contributed by atoms with Crippen molar-refractivity contribution in [3.05, 3.63) is 87.3 Å². The number of anilines is 1. The van der Waals surface area contributed by atoms with Crippen molar-refractivity contribution in [2.24, 2.45) is 0 Å². The van der Waals surface area contributed by atoms with Crippen LogP contribution in [0.25, 0.3) is 5.69 Å². The molecule has 186 valence electrons. The molecule has 13 heteroatoms. The van der Waals surface area contributed by atoms with Crippen LogP contribution >= 0.6 is 34.7 Å². The number of nitrogens with one attached hydrogen (secondary N) is 2. The van der Waals surface area contributed by atoms with Gasteiger partial charge >= 0.3 is 6.18 Å². The third-order valence-electron chi connectivity index (χ3n) is 4.77. The number of thioether (sulfide) groups is 1. The molecule has 0 unspecified atom stereocenters. The van der Waals surface area contributed by atoms with Gasteiger partial charge in [-0.15, -0.1) is 21.5 Å². The summed E-state index contributed by atoms with van der Waals surface area (Å²) in [6, 6.07) is 15.3. The molecule has 2 heterocycles. The number of nitrogens with zero attached hydrogens (tertiary/aromatic N) is 3. The molecule has 0 aliphatic heterocycles. The maximum absolute atomic E-state index is 13.0. The molecule has 4 rings (SSSR count). The lowest BCUT2D eigenvalue weighted by atomic mass is 10.2. The minimum Gasteiger partial charge on any atom is -0.344 e. The molecule has 0 bridgehead atoms. The average Bonchev–Trinajstić information content (AvgIpc) is 3.53. The van der Waals surface area contributed by atoms with Crippen LogP contribution in [-0.4, -0.2) is 32.3 Å². The van der Waals surface area contributed by atoms with Gasteiger partial charge in [0.1, 0.15) is 0 Å². The molecule has 0 atom stereocenters. The minimum absolute atomic E-state index is 0.0161. The van der Waals surface area contributed by atoms with E-state index in [2.05, 4.69) is 20.8 Å². The summed E-state index contributed by atoms with van der Waals surface area (Å²) in [5, 5.41) is 15.7. The van der Waals surface area contributed by atoms with Gasteiger partial charge in [0.25, 0.3) is 5.91 Å². The van der Waals surface area contributed by atoms with Crippen LogP contribution in [0.1, 0.15) is 21.1 Å². The largest absolute Gasteiger partial charge is 0.416 e. The number of benzene rings is 2. The first-order valence-corrected chi connectivity index (χ1v) is 12.6. The number of aromatic nitrogens is 3. The smallest absolute Gasteiger partial charge is 0.344 e. The molecule has 0 saturated carbocycles. The summed E-state index contributed by atoms with van der Waals surface area (Å²) in [6.45, 7) is 0.0885. The van der Waals surface area contributed by atoms with Crippen LogP contribution in [0.4, 0.5) is 18.9 Å². The quantitative estimate of drug-likeness (QED) is 0.276. The van der Waals surface area contributed by atoms with Crippen molar-refractivity contribution in [1.29, 1.82) is 0 Å². The van der Waals surface area contributed by atoms with E-state index in [1.807, 2.05) is 30.3 Å². The first kappa shape index (κ1) is 25.7. The van der Waals surface area contributed by atoms with Crippen LogP contribution in [0.2, 0.25) is 5.02 Å². The van der Waals surface area contributed by atoms with Gasteiger partial charge in [0.15, 0.2) is 11.0 Å². The van der Waals surface area contributed by atoms with Gasteiger partial charge in [0, 0.05) is 5.69 Å². The number of rotatable bonds is 8. The summed E-state index contributed by atoms with van der Waals surface area (Å²) in [5.41, 5.74) is -0.349. The number of halogens is 4. The molecule has 0 radical (unpaired) electrons. The highest BCUT2D eigenvalue weighted by molar-refractivity contribution is 7.99. The summed E-state index contributed by atoms with van der Waals surface area (Å²) >= 11 is 8.32. The Bertz CT molecular complexity index is 1360. The fourth-order valence-electron chi connectivity index (χ4n) is 3.11. The van der Waals surface area contributed by atoms with E-state index in [0.29, 0.717) is 21.5 Å². The summed E-state index contributed by atoms with van der Waals surface area (Å²) in [6.07, 6.45) is -4.57. The summed E-state index contributed by atoms with van der Waals surface area (Å²) in [4.78, 5) is 25.4. The Kier molecular flexibility index (Phi) is 7.97. The predicted molar refractivity (Wildman–Crippen MR) is 133 cm³/mol. The Morgan fingerprint density at radius 1 is 1.06 bits per heavy atom. The maximum Gasteiger partial charge on any atom is 0.416 e. The van der Waals surface area contributed by atoms with Crippen LogP contribution in [0, 0.1) is 0 Å². The normalized spacial score (nSPS) is 11.3. The number of carbonyl (C=O) groups excluding carboxylic acids is 2. The van der Waals surface area contributed by atoms with Crippen molar-refractivity contribution in [3.8, 4) is 5.69 Å². The molecular weight excluding hydrogens is 535 g/mol. The number of thiophene rings is 1. The van der Waals surface area contributed by atoms with E-state index in [9.17, 15) is 22.8 Å². The van der Waals surface area contributed by atoms with Crippen molar-refractivity contribution in [1.82, 2.24) is 20.1 Å². The third kappa shape index (κ3) is 6.25. The molecule has 0 aliphatic rings. The molecule has 0 fully saturated rings. The zero-order valence-electron chi connectivity index (χ0n) is 18.3. The number of carbonyl (C=O) groups is 2. The average molecular weight is 552 g/mol. The number of para-hydroxylation sites is 1. The number of hydrogen-bond donors (Lipinski definition) is 2. The lowest BCUT2D eigenvalue weighted by Gasteiger charge is -2.12. The van der Waals surface area contributed by atoms with Crippen molar-refractivity contribution in [2.45, 2.75) is 17.9 Å². The third-order valence-corrected chi connectivity index (χ3v) is 6.89. The van der Waals surface area contributed by atoms with Crippen molar-refractivity contribution in [3.63, 3.8) is 0 Å². The first-order chi connectivity index (χ1) is 17.2. The van der Waals surface area contributed by atoms with E-state index in [-0.39, 0.29) is 28.9 Å². The summed E-state index contributed by atoms with van der Waals surface area (Å²) in [7, 11) is 0. The van der Waals surface area contributed by atoms with Gasteiger partial charge in [-0.25, -0.2) is 0 Å². The van der Waals surface area contributed by atoms with E-state index in [4.69, 9.17) is 11.6 Å². The van der Waals surface area contributed by atoms with E-state index in [0.717, 1.165) is 30.0 Å². The summed E-state index contributed by atoms with van der Waals surface area (Å²) < 4.78 is 40.7. The van der Waals surface area contributed by atoms with Crippen LogP contribution < -0.4 is 10.6 Å². The van der Waals surface area contributed by atoms with Gasteiger partial charge in [-0.05, 0) is 41.8 Å². The van der Waals surface area contributed by atoms with Crippen LogP contribution in [0.15, 0.2) is 71.2 Å². The van der Waals surface area contributed by atoms with Gasteiger partial charge in [0.05, 0.1) is 33.4 Å². The van der Waals surface area contributed by atoms with Crippen molar-refractivity contribution in [2.75, 3.05) is 11.1 Å². The SMILES string of the molecule is O=C(CSc1nnc(CNC(=O)c2cccs2)n1-c1ccccc1)Nc1cc(C(F)(F)F)ccc1Cl. The molecule has 4 aromatic rings. The Morgan fingerprint density at radius 2 is 1.83 bits per heavy atom. The lowest BCUT2D eigenvalue weighted by Crippen LogP contribution is -2.24. The highest BCUT2D eigenvalue weighted by atomic mass is 35.5. The number of amides is 2. The van der Waals surface area contributed by atoms with Crippen LogP contribution in [0.5, 0.6) is 0 Å².